The Morgan fingerprint density at radius 2 is 2.04 bits per heavy atom. The normalized spacial score (nSPS) is 15.3. The average molecular weight is 339 g/mol. The van der Waals surface area contributed by atoms with Crippen LogP contribution in [0, 0.1) is 12.8 Å². The van der Waals surface area contributed by atoms with Gasteiger partial charge in [0.15, 0.2) is 0 Å². The van der Waals surface area contributed by atoms with E-state index in [1.54, 1.807) is 17.9 Å². The van der Waals surface area contributed by atoms with E-state index in [0.717, 1.165) is 11.3 Å². The summed E-state index contributed by atoms with van der Waals surface area (Å²) >= 11 is 5.92. The summed E-state index contributed by atoms with van der Waals surface area (Å²) in [7, 11) is 0. The van der Waals surface area contributed by atoms with Crippen molar-refractivity contribution in [3.05, 3.63) is 28.8 Å². The lowest BCUT2D eigenvalue weighted by Gasteiger charge is -2.31. The van der Waals surface area contributed by atoms with E-state index < -0.39 is 0 Å². The number of rotatable bonds is 5. The molecule has 0 radical (unpaired) electrons. The van der Waals surface area contributed by atoms with E-state index in [0.29, 0.717) is 37.6 Å². The predicted octanol–water partition coefficient (Wildman–Crippen LogP) is 2.86. The van der Waals surface area contributed by atoms with E-state index >= 15 is 0 Å². The molecule has 1 amide bonds. The number of piperidine rings is 1. The van der Waals surface area contributed by atoms with Crippen LogP contribution in [0.25, 0.3) is 0 Å². The smallest absolute Gasteiger partial charge is 0.309 e. The molecule has 1 aliphatic heterocycles. The molecule has 1 heterocycles. The molecule has 0 saturated carbocycles. The number of hydrogen-bond acceptors (Lipinski definition) is 4. The first-order chi connectivity index (χ1) is 11.0. The highest BCUT2D eigenvalue weighted by molar-refractivity contribution is 6.30. The maximum Gasteiger partial charge on any atom is 0.309 e. The Kier molecular flexibility index (Phi) is 6.28. The van der Waals surface area contributed by atoms with Crippen molar-refractivity contribution < 1.29 is 14.3 Å². The molecule has 1 N–H and O–H groups in total. The predicted molar refractivity (Wildman–Crippen MR) is 90.6 cm³/mol. The molecule has 0 spiro atoms. The Morgan fingerprint density at radius 1 is 1.35 bits per heavy atom. The van der Waals surface area contributed by atoms with Crippen LogP contribution >= 0.6 is 11.6 Å². The zero-order valence-electron chi connectivity index (χ0n) is 13.6. The van der Waals surface area contributed by atoms with Gasteiger partial charge >= 0.3 is 5.97 Å². The number of esters is 1. The second-order valence-corrected chi connectivity index (χ2v) is 6.16. The average Bonchev–Trinajstić information content (AvgIpc) is 2.54. The van der Waals surface area contributed by atoms with Crippen molar-refractivity contribution >= 4 is 29.2 Å². The minimum absolute atomic E-state index is 0.0432. The number of hydrogen-bond donors (Lipinski definition) is 1. The van der Waals surface area contributed by atoms with Gasteiger partial charge in [-0.05, 0) is 50.5 Å². The zero-order chi connectivity index (χ0) is 16.8. The summed E-state index contributed by atoms with van der Waals surface area (Å²) < 4.78 is 5.04. The fourth-order valence-electron chi connectivity index (χ4n) is 2.73. The van der Waals surface area contributed by atoms with Crippen molar-refractivity contribution in [3.8, 4) is 0 Å². The van der Waals surface area contributed by atoms with Gasteiger partial charge in [-0.3, -0.25) is 9.59 Å². The number of halogens is 1. The first-order valence-electron chi connectivity index (χ1n) is 7.95. The molecule has 1 aromatic rings. The second-order valence-electron chi connectivity index (χ2n) is 5.72. The van der Waals surface area contributed by atoms with Crippen LogP contribution in [0.15, 0.2) is 18.2 Å². The van der Waals surface area contributed by atoms with E-state index in [1.807, 2.05) is 19.1 Å². The van der Waals surface area contributed by atoms with Gasteiger partial charge in [0.05, 0.1) is 19.1 Å². The molecule has 126 valence electrons. The monoisotopic (exact) mass is 338 g/mol. The third-order valence-electron chi connectivity index (χ3n) is 4.09. The van der Waals surface area contributed by atoms with Crippen LogP contribution < -0.4 is 5.32 Å². The van der Waals surface area contributed by atoms with Crippen LogP contribution in [0.4, 0.5) is 5.69 Å². The van der Waals surface area contributed by atoms with Crippen LogP contribution in [0.2, 0.25) is 5.02 Å². The summed E-state index contributed by atoms with van der Waals surface area (Å²) in [4.78, 5) is 25.8. The number of likely N-dealkylation sites (tertiary alicyclic amines) is 1. The van der Waals surface area contributed by atoms with Gasteiger partial charge < -0.3 is 15.0 Å². The van der Waals surface area contributed by atoms with Gasteiger partial charge in [0.2, 0.25) is 5.91 Å². The molecule has 6 heteroatoms. The largest absolute Gasteiger partial charge is 0.466 e. The van der Waals surface area contributed by atoms with Crippen molar-refractivity contribution in [3.63, 3.8) is 0 Å². The molecule has 0 bridgehead atoms. The highest BCUT2D eigenvalue weighted by atomic mass is 35.5. The van der Waals surface area contributed by atoms with Gasteiger partial charge in [0.1, 0.15) is 0 Å². The number of ether oxygens (including phenoxy) is 1. The maximum absolute atomic E-state index is 12.3. The Labute approximate surface area is 141 Å². The summed E-state index contributed by atoms with van der Waals surface area (Å²) in [5.74, 6) is -0.179. The van der Waals surface area contributed by atoms with Gasteiger partial charge in [0, 0.05) is 23.8 Å². The molecule has 0 aliphatic carbocycles. The number of nitrogens with zero attached hydrogens (tertiary/aromatic N) is 1. The number of amides is 1. The minimum atomic E-state index is -0.144. The summed E-state index contributed by atoms with van der Waals surface area (Å²) in [5, 5.41) is 3.83. The van der Waals surface area contributed by atoms with Crippen molar-refractivity contribution in [1.29, 1.82) is 0 Å². The zero-order valence-corrected chi connectivity index (χ0v) is 14.4. The van der Waals surface area contributed by atoms with Gasteiger partial charge in [-0.1, -0.05) is 11.6 Å². The quantitative estimate of drug-likeness (QED) is 0.839. The van der Waals surface area contributed by atoms with Crippen LogP contribution in [-0.4, -0.2) is 43.0 Å². The highest BCUT2D eigenvalue weighted by Crippen LogP contribution is 2.21. The topological polar surface area (TPSA) is 58.6 Å². The lowest BCUT2D eigenvalue weighted by molar-refractivity contribution is -0.151. The molecule has 1 fully saturated rings. The van der Waals surface area contributed by atoms with Gasteiger partial charge in [0.25, 0.3) is 0 Å². The van der Waals surface area contributed by atoms with E-state index in [-0.39, 0.29) is 24.3 Å². The van der Waals surface area contributed by atoms with Crippen molar-refractivity contribution in [2.75, 3.05) is 31.6 Å². The first kappa shape index (κ1) is 17.6. The van der Waals surface area contributed by atoms with Gasteiger partial charge in [-0.2, -0.15) is 0 Å². The summed E-state index contributed by atoms with van der Waals surface area (Å²) in [6.07, 6.45) is 1.34. The number of anilines is 1. The van der Waals surface area contributed by atoms with Crippen LogP contribution in [-0.2, 0) is 14.3 Å². The van der Waals surface area contributed by atoms with Crippen molar-refractivity contribution in [2.24, 2.45) is 5.92 Å². The second kappa shape index (κ2) is 8.20. The molecule has 0 atom stereocenters. The number of carbonyl (C=O) groups excluding carboxylic acids is 2. The maximum atomic E-state index is 12.3. The van der Waals surface area contributed by atoms with Gasteiger partial charge in [-0.25, -0.2) is 0 Å². The lowest BCUT2D eigenvalue weighted by Crippen LogP contribution is -2.43. The molecule has 2 rings (SSSR count). The van der Waals surface area contributed by atoms with Crippen molar-refractivity contribution in [1.82, 2.24) is 4.90 Å². The molecule has 1 saturated heterocycles. The third kappa shape index (κ3) is 4.86. The molecular formula is C17H23ClN2O3. The van der Waals surface area contributed by atoms with Gasteiger partial charge in [-0.15, -0.1) is 0 Å². The Morgan fingerprint density at radius 3 is 2.65 bits per heavy atom. The van der Waals surface area contributed by atoms with E-state index in [1.165, 1.54) is 0 Å². The SMILES string of the molecule is CCOC(=O)C1CCN(C(=O)CNc2ccc(Cl)cc2C)CC1. The molecule has 5 nitrogen and oxygen atoms in total. The Hall–Kier alpha value is -1.75. The molecular weight excluding hydrogens is 316 g/mol. The molecule has 0 aromatic heterocycles. The molecule has 23 heavy (non-hydrogen) atoms. The third-order valence-corrected chi connectivity index (χ3v) is 4.32. The fourth-order valence-corrected chi connectivity index (χ4v) is 2.96. The fraction of sp³-hybridized carbons (Fsp3) is 0.529. The Balaban J connectivity index is 1.80. The highest BCUT2D eigenvalue weighted by Gasteiger charge is 2.27. The Bertz CT molecular complexity index is 569. The molecule has 0 unspecified atom stereocenters. The van der Waals surface area contributed by atoms with Crippen LogP contribution in [0.3, 0.4) is 0 Å². The number of nitrogens with one attached hydrogen (secondary N) is 1. The number of benzene rings is 1. The number of carbonyl (C=O) groups is 2. The number of aryl methyl sites for hydroxylation is 1. The van der Waals surface area contributed by atoms with E-state index in [4.69, 9.17) is 16.3 Å². The molecule has 1 aromatic carbocycles. The van der Waals surface area contributed by atoms with Crippen LogP contribution in [0.1, 0.15) is 25.3 Å². The van der Waals surface area contributed by atoms with Crippen LogP contribution in [0.5, 0.6) is 0 Å². The van der Waals surface area contributed by atoms with Crippen molar-refractivity contribution in [2.45, 2.75) is 26.7 Å². The summed E-state index contributed by atoms with van der Waals surface area (Å²) in [6, 6.07) is 5.53. The standard InChI is InChI=1S/C17H23ClN2O3/c1-3-23-17(22)13-6-8-20(9-7-13)16(21)11-19-15-5-4-14(18)10-12(15)2/h4-5,10,13,19H,3,6-9,11H2,1-2H3. The summed E-state index contributed by atoms with van der Waals surface area (Å²) in [5.41, 5.74) is 1.91. The lowest BCUT2D eigenvalue weighted by atomic mass is 9.97. The van der Waals surface area contributed by atoms with E-state index in [2.05, 4.69) is 5.32 Å². The van der Waals surface area contributed by atoms with E-state index in [9.17, 15) is 9.59 Å². The first-order valence-corrected chi connectivity index (χ1v) is 8.33. The minimum Gasteiger partial charge on any atom is -0.466 e. The molecule has 1 aliphatic rings. The summed E-state index contributed by atoms with van der Waals surface area (Å²) in [6.45, 7) is 5.60.